The number of nitrogens with two attached hydrogens (primary N) is 1. The Balaban J connectivity index is 2.25. The molecular formula is C14H16BrCl2N3. The van der Waals surface area contributed by atoms with Crippen LogP contribution in [0.2, 0.25) is 10.0 Å². The molecule has 0 saturated carbocycles. The minimum absolute atomic E-state index is 0.152. The van der Waals surface area contributed by atoms with Crippen LogP contribution in [-0.2, 0) is 19.9 Å². The predicted octanol–water partition coefficient (Wildman–Crippen LogP) is 4.29. The van der Waals surface area contributed by atoms with Crippen molar-refractivity contribution in [3.8, 4) is 0 Å². The molecule has 2 rings (SSSR count). The van der Waals surface area contributed by atoms with Gasteiger partial charge in [0.1, 0.15) is 0 Å². The van der Waals surface area contributed by atoms with Gasteiger partial charge in [-0.25, -0.2) is 0 Å². The molecule has 0 spiro atoms. The molecule has 3 nitrogen and oxygen atoms in total. The summed E-state index contributed by atoms with van der Waals surface area (Å²) in [6.45, 7) is 2.08. The average molecular weight is 377 g/mol. The van der Waals surface area contributed by atoms with Crippen molar-refractivity contribution in [1.82, 2.24) is 9.78 Å². The first kappa shape index (κ1) is 15.8. The number of nitrogens with zero attached hydrogens (tertiary/aromatic N) is 2. The monoisotopic (exact) mass is 375 g/mol. The Bertz CT molecular complexity index is 625. The van der Waals surface area contributed by atoms with Crippen LogP contribution in [0.1, 0.15) is 29.9 Å². The zero-order chi connectivity index (χ0) is 14.9. The van der Waals surface area contributed by atoms with E-state index >= 15 is 0 Å². The minimum atomic E-state index is -0.152. The Morgan fingerprint density at radius 1 is 1.35 bits per heavy atom. The summed E-state index contributed by atoms with van der Waals surface area (Å²) in [5.41, 5.74) is 9.36. The topological polar surface area (TPSA) is 43.8 Å². The van der Waals surface area contributed by atoms with Crippen molar-refractivity contribution in [3.63, 3.8) is 0 Å². The van der Waals surface area contributed by atoms with E-state index in [0.717, 1.165) is 27.8 Å². The molecular weight excluding hydrogens is 361 g/mol. The van der Waals surface area contributed by atoms with Gasteiger partial charge in [0.05, 0.1) is 25.9 Å². The first-order valence-corrected chi connectivity index (χ1v) is 7.89. The van der Waals surface area contributed by atoms with Gasteiger partial charge in [0, 0.05) is 19.5 Å². The summed E-state index contributed by atoms with van der Waals surface area (Å²) in [7, 11) is 1.93. The summed E-state index contributed by atoms with van der Waals surface area (Å²) in [5, 5.41) is 5.54. The van der Waals surface area contributed by atoms with Crippen molar-refractivity contribution >= 4 is 39.1 Å². The normalized spacial score (nSPS) is 12.7. The van der Waals surface area contributed by atoms with Crippen molar-refractivity contribution in [2.45, 2.75) is 25.8 Å². The van der Waals surface area contributed by atoms with Crippen molar-refractivity contribution < 1.29 is 0 Å². The van der Waals surface area contributed by atoms with Crippen molar-refractivity contribution in [3.05, 3.63) is 49.7 Å². The summed E-state index contributed by atoms with van der Waals surface area (Å²) in [6.07, 6.45) is 1.57. The first-order valence-electron chi connectivity index (χ1n) is 6.34. The number of hydrogen-bond donors (Lipinski definition) is 1. The van der Waals surface area contributed by atoms with E-state index < -0.39 is 0 Å². The van der Waals surface area contributed by atoms with Crippen LogP contribution >= 0.6 is 39.1 Å². The van der Waals surface area contributed by atoms with E-state index in [1.807, 2.05) is 23.9 Å². The molecule has 6 heteroatoms. The molecule has 0 amide bonds. The van der Waals surface area contributed by atoms with E-state index in [-0.39, 0.29) is 6.04 Å². The smallest absolute Gasteiger partial charge is 0.0766 e. The molecule has 0 aliphatic rings. The van der Waals surface area contributed by atoms with Crippen LogP contribution in [0.4, 0.5) is 0 Å². The minimum Gasteiger partial charge on any atom is -0.324 e. The zero-order valence-corrected chi connectivity index (χ0v) is 14.4. The van der Waals surface area contributed by atoms with Crippen LogP contribution in [0.25, 0.3) is 0 Å². The third-order valence-electron chi connectivity index (χ3n) is 3.29. The number of halogens is 3. The summed E-state index contributed by atoms with van der Waals surface area (Å²) in [5.74, 6) is 0. The third kappa shape index (κ3) is 3.19. The van der Waals surface area contributed by atoms with Crippen LogP contribution < -0.4 is 5.73 Å². The molecule has 0 saturated heterocycles. The highest BCUT2D eigenvalue weighted by Crippen LogP contribution is 2.29. The second-order valence-electron chi connectivity index (χ2n) is 4.67. The van der Waals surface area contributed by atoms with E-state index in [1.54, 1.807) is 6.07 Å². The van der Waals surface area contributed by atoms with E-state index in [9.17, 15) is 0 Å². The second kappa shape index (κ2) is 6.48. The number of rotatable bonds is 4. The lowest BCUT2D eigenvalue weighted by molar-refractivity contribution is 0.637. The summed E-state index contributed by atoms with van der Waals surface area (Å²) < 4.78 is 2.92. The van der Waals surface area contributed by atoms with E-state index in [1.165, 1.54) is 0 Å². The van der Waals surface area contributed by atoms with E-state index in [2.05, 4.69) is 28.0 Å². The lowest BCUT2D eigenvalue weighted by Gasteiger charge is -2.13. The van der Waals surface area contributed by atoms with Crippen LogP contribution in [0, 0.1) is 0 Å². The largest absolute Gasteiger partial charge is 0.324 e. The fourth-order valence-electron chi connectivity index (χ4n) is 2.11. The van der Waals surface area contributed by atoms with Gasteiger partial charge < -0.3 is 5.73 Å². The van der Waals surface area contributed by atoms with Crippen LogP contribution in [0.3, 0.4) is 0 Å². The van der Waals surface area contributed by atoms with Gasteiger partial charge in [0.2, 0.25) is 0 Å². The first-order chi connectivity index (χ1) is 9.43. The fraction of sp³-hybridized carbons (Fsp3) is 0.357. The number of aryl methyl sites for hydroxylation is 2. The Labute approximate surface area is 137 Å². The maximum atomic E-state index is 6.27. The molecule has 0 fully saturated rings. The number of benzene rings is 1. The third-order valence-corrected chi connectivity index (χ3v) is 4.94. The molecule has 1 heterocycles. The van der Waals surface area contributed by atoms with Crippen molar-refractivity contribution in [2.24, 2.45) is 12.8 Å². The maximum Gasteiger partial charge on any atom is 0.0766 e. The lowest BCUT2D eigenvalue weighted by atomic mass is 10.0. The summed E-state index contributed by atoms with van der Waals surface area (Å²) >= 11 is 15.6. The summed E-state index contributed by atoms with van der Waals surface area (Å²) in [6, 6.07) is 5.35. The molecule has 0 radical (unpaired) electrons. The van der Waals surface area contributed by atoms with Crippen molar-refractivity contribution in [1.29, 1.82) is 0 Å². The Morgan fingerprint density at radius 3 is 2.60 bits per heavy atom. The molecule has 2 N–H and O–H groups in total. The van der Waals surface area contributed by atoms with Crippen LogP contribution in [-0.4, -0.2) is 9.78 Å². The Morgan fingerprint density at radius 2 is 2.05 bits per heavy atom. The molecule has 1 atom stereocenters. The van der Waals surface area contributed by atoms with Gasteiger partial charge in [0.15, 0.2) is 0 Å². The lowest BCUT2D eigenvalue weighted by Crippen LogP contribution is -2.15. The van der Waals surface area contributed by atoms with Gasteiger partial charge in [-0.05, 0) is 40.0 Å². The second-order valence-corrected chi connectivity index (χ2v) is 6.28. The number of aromatic nitrogens is 2. The highest BCUT2D eigenvalue weighted by atomic mass is 79.9. The Kier molecular flexibility index (Phi) is 5.13. The number of hydrogen-bond acceptors (Lipinski definition) is 2. The van der Waals surface area contributed by atoms with Gasteiger partial charge in [-0.1, -0.05) is 36.2 Å². The molecule has 2 aromatic rings. The standard InChI is InChI=1S/C14H16BrCl2N3/c1-3-12-14(15)13(20(2)19-12)7-11(18)8-4-5-9(16)10(17)6-8/h4-6,11H,3,7,18H2,1-2H3. The quantitative estimate of drug-likeness (QED) is 0.864. The molecule has 108 valence electrons. The maximum absolute atomic E-state index is 6.27. The average Bonchev–Trinajstić information content (AvgIpc) is 2.69. The van der Waals surface area contributed by atoms with Gasteiger partial charge in [0.25, 0.3) is 0 Å². The van der Waals surface area contributed by atoms with Gasteiger partial charge in [-0.3, -0.25) is 4.68 Å². The molecule has 0 aliphatic heterocycles. The van der Waals surface area contributed by atoms with E-state index in [0.29, 0.717) is 16.5 Å². The highest BCUT2D eigenvalue weighted by Gasteiger charge is 2.17. The zero-order valence-electron chi connectivity index (χ0n) is 11.3. The van der Waals surface area contributed by atoms with Gasteiger partial charge in [-0.15, -0.1) is 0 Å². The fourth-order valence-corrected chi connectivity index (χ4v) is 3.20. The van der Waals surface area contributed by atoms with Crippen LogP contribution in [0.15, 0.2) is 22.7 Å². The molecule has 20 heavy (non-hydrogen) atoms. The van der Waals surface area contributed by atoms with Gasteiger partial charge in [-0.2, -0.15) is 5.10 Å². The molecule has 1 aromatic heterocycles. The molecule has 0 aliphatic carbocycles. The Hall–Kier alpha value is -0.550. The van der Waals surface area contributed by atoms with Gasteiger partial charge >= 0.3 is 0 Å². The van der Waals surface area contributed by atoms with E-state index in [4.69, 9.17) is 28.9 Å². The SMILES string of the molecule is CCc1nn(C)c(CC(N)c2ccc(Cl)c(Cl)c2)c1Br. The molecule has 1 unspecified atom stereocenters. The predicted molar refractivity (Wildman–Crippen MR) is 87.4 cm³/mol. The van der Waals surface area contributed by atoms with Crippen LogP contribution in [0.5, 0.6) is 0 Å². The highest BCUT2D eigenvalue weighted by molar-refractivity contribution is 9.10. The van der Waals surface area contributed by atoms with Crippen molar-refractivity contribution in [2.75, 3.05) is 0 Å². The molecule has 0 bridgehead atoms. The molecule has 1 aromatic carbocycles. The summed E-state index contributed by atoms with van der Waals surface area (Å²) in [4.78, 5) is 0.